The molecule has 0 atom stereocenters. The van der Waals surface area contributed by atoms with Gasteiger partial charge in [-0.15, -0.1) is 0 Å². The van der Waals surface area contributed by atoms with Crippen LogP contribution in [0.4, 0.5) is 15.8 Å². The van der Waals surface area contributed by atoms with Crippen molar-refractivity contribution in [2.24, 2.45) is 0 Å². The van der Waals surface area contributed by atoms with Crippen LogP contribution < -0.4 is 10.2 Å². The minimum atomic E-state index is -0.465. The van der Waals surface area contributed by atoms with E-state index in [1.54, 1.807) is 24.4 Å². The van der Waals surface area contributed by atoms with Crippen molar-refractivity contribution in [3.8, 4) is 11.1 Å². The van der Waals surface area contributed by atoms with Gasteiger partial charge >= 0.3 is 0 Å². The number of aryl methyl sites for hydroxylation is 1. The van der Waals surface area contributed by atoms with Gasteiger partial charge in [-0.2, -0.15) is 0 Å². The molecule has 0 spiro atoms. The lowest BCUT2D eigenvalue weighted by molar-refractivity contribution is 0.101. The first kappa shape index (κ1) is 21.6. The first-order valence-corrected chi connectivity index (χ1v) is 10.4. The number of amides is 1. The van der Waals surface area contributed by atoms with E-state index in [0.717, 1.165) is 16.8 Å². The molecule has 1 amide bonds. The van der Waals surface area contributed by atoms with Crippen molar-refractivity contribution >= 4 is 23.1 Å². The lowest BCUT2D eigenvalue weighted by Gasteiger charge is -2.29. The zero-order chi connectivity index (χ0) is 22.7. The largest absolute Gasteiger partial charge is 0.378 e. The van der Waals surface area contributed by atoms with Crippen LogP contribution in [0.5, 0.6) is 0 Å². The smallest absolute Gasteiger partial charge is 0.255 e. The lowest BCUT2D eigenvalue weighted by atomic mass is 10.0. The number of pyridine rings is 1. The molecule has 1 aliphatic heterocycles. The molecule has 0 radical (unpaired) electrons. The second-order valence-corrected chi connectivity index (χ2v) is 7.74. The third kappa shape index (κ3) is 4.84. The fraction of sp³-hybridized carbons (Fsp3) is 0.240. The van der Waals surface area contributed by atoms with Gasteiger partial charge in [0.05, 0.1) is 25.1 Å². The quantitative estimate of drug-likeness (QED) is 0.601. The summed E-state index contributed by atoms with van der Waals surface area (Å²) in [6.45, 7) is 5.85. The van der Waals surface area contributed by atoms with Crippen LogP contribution in [-0.4, -0.2) is 43.0 Å². The predicted molar refractivity (Wildman–Crippen MR) is 122 cm³/mol. The summed E-state index contributed by atoms with van der Waals surface area (Å²) in [6.07, 6.45) is 1.57. The van der Waals surface area contributed by atoms with E-state index in [0.29, 0.717) is 43.2 Å². The fourth-order valence-electron chi connectivity index (χ4n) is 3.69. The highest BCUT2D eigenvalue weighted by Crippen LogP contribution is 2.26. The molecule has 32 heavy (non-hydrogen) atoms. The van der Waals surface area contributed by atoms with Gasteiger partial charge in [0.1, 0.15) is 5.82 Å². The molecule has 1 aliphatic rings. The summed E-state index contributed by atoms with van der Waals surface area (Å²) in [5.41, 5.74) is 4.54. The van der Waals surface area contributed by atoms with E-state index in [9.17, 15) is 14.0 Å². The normalized spacial score (nSPS) is 13.7. The van der Waals surface area contributed by atoms with Crippen LogP contribution in [-0.2, 0) is 4.74 Å². The second-order valence-electron chi connectivity index (χ2n) is 7.74. The predicted octanol–water partition coefficient (Wildman–Crippen LogP) is 4.49. The Morgan fingerprint density at radius 2 is 1.75 bits per heavy atom. The van der Waals surface area contributed by atoms with Crippen LogP contribution in [0.25, 0.3) is 11.1 Å². The zero-order valence-corrected chi connectivity index (χ0v) is 18.0. The fourth-order valence-corrected chi connectivity index (χ4v) is 3.69. The number of Topliss-reactive ketones (excluding diaryl/α,β-unsaturated/α-hetero) is 1. The van der Waals surface area contributed by atoms with Crippen molar-refractivity contribution in [3.05, 3.63) is 77.4 Å². The van der Waals surface area contributed by atoms with Crippen LogP contribution in [0, 0.1) is 12.7 Å². The maximum absolute atomic E-state index is 14.2. The zero-order valence-electron chi connectivity index (χ0n) is 18.0. The molecule has 0 bridgehead atoms. The number of ketones is 1. The van der Waals surface area contributed by atoms with E-state index < -0.39 is 11.7 Å². The number of hydrogen-bond donors (Lipinski definition) is 1. The third-order valence-corrected chi connectivity index (χ3v) is 5.47. The molecule has 4 rings (SSSR count). The van der Waals surface area contributed by atoms with Gasteiger partial charge in [-0.25, -0.2) is 4.39 Å². The summed E-state index contributed by atoms with van der Waals surface area (Å²) in [5, 5.41) is 2.82. The monoisotopic (exact) mass is 433 g/mol. The highest BCUT2D eigenvalue weighted by atomic mass is 19.1. The highest BCUT2D eigenvalue weighted by Gasteiger charge is 2.16. The van der Waals surface area contributed by atoms with Gasteiger partial charge in [0, 0.05) is 41.2 Å². The summed E-state index contributed by atoms with van der Waals surface area (Å²) in [6, 6.07) is 13.4. The summed E-state index contributed by atoms with van der Waals surface area (Å²) in [5.74, 6) is -0.881. The molecule has 0 saturated carbocycles. The minimum absolute atomic E-state index is 0.000970. The van der Waals surface area contributed by atoms with E-state index >= 15 is 0 Å². The number of rotatable bonds is 5. The maximum atomic E-state index is 14.2. The van der Waals surface area contributed by atoms with Crippen LogP contribution in [0.15, 0.2) is 54.7 Å². The number of benzene rings is 2. The van der Waals surface area contributed by atoms with Crippen molar-refractivity contribution in [2.75, 3.05) is 36.5 Å². The molecular formula is C25H24FN3O3. The van der Waals surface area contributed by atoms with Gasteiger partial charge < -0.3 is 15.0 Å². The van der Waals surface area contributed by atoms with Crippen LogP contribution in [0.1, 0.15) is 33.3 Å². The summed E-state index contributed by atoms with van der Waals surface area (Å²) >= 11 is 0. The van der Waals surface area contributed by atoms with Gasteiger partial charge in [-0.05, 0) is 43.7 Å². The molecule has 1 aromatic heterocycles. The number of aromatic nitrogens is 1. The number of carbonyl (C=O) groups excluding carboxylic acids is 2. The Balaban J connectivity index is 1.57. The van der Waals surface area contributed by atoms with Crippen molar-refractivity contribution < 1.29 is 18.7 Å². The van der Waals surface area contributed by atoms with Gasteiger partial charge in [-0.3, -0.25) is 14.6 Å². The average Bonchev–Trinajstić information content (AvgIpc) is 2.80. The molecule has 3 aromatic rings. The number of carbonyl (C=O) groups is 2. The number of nitrogens with zero attached hydrogens (tertiary/aromatic N) is 2. The molecule has 164 valence electrons. The molecular weight excluding hydrogens is 409 g/mol. The number of nitrogens with one attached hydrogen (secondary N) is 1. The Hall–Kier alpha value is -3.58. The molecule has 0 unspecified atom stereocenters. The van der Waals surface area contributed by atoms with E-state index in [1.165, 1.54) is 19.1 Å². The van der Waals surface area contributed by atoms with Gasteiger partial charge in [0.15, 0.2) is 5.78 Å². The van der Waals surface area contributed by atoms with Gasteiger partial charge in [0.25, 0.3) is 5.91 Å². The Bertz CT molecular complexity index is 1160. The molecule has 6 nitrogen and oxygen atoms in total. The Morgan fingerprint density at radius 3 is 2.44 bits per heavy atom. The van der Waals surface area contributed by atoms with E-state index in [2.05, 4.69) is 10.3 Å². The maximum Gasteiger partial charge on any atom is 0.255 e. The molecule has 0 aliphatic carbocycles. The number of anilines is 2. The number of ether oxygens (including phenoxy) is 1. The Morgan fingerprint density at radius 1 is 1.03 bits per heavy atom. The molecule has 1 N–H and O–H groups in total. The van der Waals surface area contributed by atoms with Crippen LogP contribution in [0.3, 0.4) is 0 Å². The van der Waals surface area contributed by atoms with Crippen molar-refractivity contribution in [2.45, 2.75) is 13.8 Å². The highest BCUT2D eigenvalue weighted by molar-refractivity contribution is 6.05. The molecule has 2 aromatic carbocycles. The van der Waals surface area contributed by atoms with Crippen molar-refractivity contribution in [1.82, 2.24) is 4.98 Å². The second kappa shape index (κ2) is 9.28. The molecule has 2 heterocycles. The van der Waals surface area contributed by atoms with Gasteiger partial charge in [-0.1, -0.05) is 24.3 Å². The van der Waals surface area contributed by atoms with Gasteiger partial charge in [0.2, 0.25) is 0 Å². The van der Waals surface area contributed by atoms with E-state index in [4.69, 9.17) is 4.74 Å². The van der Waals surface area contributed by atoms with E-state index in [1.807, 2.05) is 30.0 Å². The van der Waals surface area contributed by atoms with Crippen molar-refractivity contribution in [1.29, 1.82) is 0 Å². The first-order valence-electron chi connectivity index (χ1n) is 10.4. The van der Waals surface area contributed by atoms with Crippen LogP contribution >= 0.6 is 0 Å². The third-order valence-electron chi connectivity index (χ3n) is 5.47. The summed E-state index contributed by atoms with van der Waals surface area (Å²) in [4.78, 5) is 30.8. The number of hydrogen-bond acceptors (Lipinski definition) is 5. The van der Waals surface area contributed by atoms with Crippen LogP contribution in [0.2, 0.25) is 0 Å². The molecule has 1 fully saturated rings. The summed E-state index contributed by atoms with van der Waals surface area (Å²) < 4.78 is 19.6. The van der Waals surface area contributed by atoms with Crippen molar-refractivity contribution in [3.63, 3.8) is 0 Å². The molecule has 7 heteroatoms. The minimum Gasteiger partial charge on any atom is -0.378 e. The first-order chi connectivity index (χ1) is 15.4. The summed E-state index contributed by atoms with van der Waals surface area (Å²) in [7, 11) is 0. The Kier molecular flexibility index (Phi) is 6.28. The van der Waals surface area contributed by atoms with E-state index in [-0.39, 0.29) is 11.3 Å². The average molecular weight is 433 g/mol. The number of halogens is 1. The standard InChI is InChI=1S/C25H24FN3O3/c1-16-24(19-5-3-18(4-6-19)17(2)30)14-22(15-27-16)28-25(31)20-11-21(26)13-23(12-20)29-7-9-32-10-8-29/h3-6,11-15H,7-10H2,1-2H3,(H,28,31). The lowest BCUT2D eigenvalue weighted by Crippen LogP contribution is -2.36. The Labute approximate surface area is 186 Å². The number of morpholine rings is 1. The SMILES string of the molecule is CC(=O)c1ccc(-c2cc(NC(=O)c3cc(F)cc(N4CCOCC4)c3)cnc2C)cc1. The topological polar surface area (TPSA) is 71.5 Å². The molecule has 1 saturated heterocycles.